The Morgan fingerprint density at radius 2 is 1.11 bits per heavy atom. The van der Waals surface area contributed by atoms with E-state index in [-0.39, 0.29) is 27.9 Å². The first-order chi connectivity index (χ1) is 17.9. The van der Waals surface area contributed by atoms with E-state index in [1.807, 2.05) is 26.0 Å². The Balaban J connectivity index is 0.000000211. The van der Waals surface area contributed by atoms with Crippen molar-refractivity contribution in [1.82, 2.24) is 29.9 Å². The number of ether oxygens (including phenoxy) is 2. The number of aryl methyl sites for hydroxylation is 2. The first kappa shape index (κ1) is 31.7. The van der Waals surface area contributed by atoms with E-state index in [2.05, 4.69) is 34.6 Å². The summed E-state index contributed by atoms with van der Waals surface area (Å²) >= 11 is 28.4. The second-order valence-corrected chi connectivity index (χ2v) is 8.95. The first-order valence-corrected chi connectivity index (χ1v) is 12.3. The second kappa shape index (κ2) is 15.2. The van der Waals surface area contributed by atoms with Crippen LogP contribution in [0, 0.1) is 13.8 Å². The van der Waals surface area contributed by atoms with E-state index in [9.17, 15) is 0 Å². The van der Waals surface area contributed by atoms with Crippen LogP contribution in [0.5, 0.6) is 12.0 Å². The Labute approximate surface area is 244 Å². The highest BCUT2D eigenvalue weighted by molar-refractivity contribution is 6.59. The maximum atomic E-state index is 8.74. The van der Waals surface area contributed by atoms with Crippen LogP contribution in [-0.2, 0) is 0 Å². The van der Waals surface area contributed by atoms with Crippen LogP contribution in [0.3, 0.4) is 0 Å². The van der Waals surface area contributed by atoms with Gasteiger partial charge in [0.2, 0.25) is 15.9 Å². The quantitative estimate of drug-likeness (QED) is 0.310. The van der Waals surface area contributed by atoms with Crippen LogP contribution in [0.4, 0.5) is 0 Å². The molecule has 4 rings (SSSR count). The monoisotopic (exact) mass is 618 g/mol. The highest BCUT2D eigenvalue weighted by atomic mass is 35.5. The van der Waals surface area contributed by atoms with Crippen molar-refractivity contribution in [3.05, 3.63) is 73.4 Å². The summed E-state index contributed by atoms with van der Waals surface area (Å²) < 4.78 is 9.58. The van der Waals surface area contributed by atoms with Crippen molar-refractivity contribution in [2.24, 2.45) is 0 Å². The smallest absolute Gasteiger partial charge is 0.467 e. The minimum atomic E-state index is -1.44. The molecule has 0 atom stereocenters. The van der Waals surface area contributed by atoms with Crippen LogP contribution in [0.2, 0.25) is 25.9 Å². The molecule has 2 heterocycles. The summed E-state index contributed by atoms with van der Waals surface area (Å²) in [7, 11) is 1.45. The van der Waals surface area contributed by atoms with Crippen molar-refractivity contribution in [2.45, 2.75) is 13.8 Å². The molecule has 0 aliphatic rings. The summed E-state index contributed by atoms with van der Waals surface area (Å²) in [6.45, 7) is 3.78. The fraction of sp³-hybridized carbons (Fsp3) is 0.182. The molecule has 0 fully saturated rings. The Kier molecular flexibility index (Phi) is 12.7. The molecule has 0 saturated carbocycles. The van der Waals surface area contributed by atoms with Crippen molar-refractivity contribution in [2.75, 3.05) is 14.2 Å². The molecule has 0 spiro atoms. The predicted octanol–water partition coefficient (Wildman–Crippen LogP) is 4.68. The van der Waals surface area contributed by atoms with E-state index in [0.29, 0.717) is 21.3 Å². The number of rotatable bonds is 4. The lowest BCUT2D eigenvalue weighted by molar-refractivity contribution is 0.378. The normalized spacial score (nSPS) is 9.97. The number of hydrogen-bond acceptors (Lipinski definition) is 10. The molecular weight excluding hydrogens is 600 g/mol. The molecule has 0 aliphatic carbocycles. The van der Waals surface area contributed by atoms with Crippen LogP contribution >= 0.6 is 58.0 Å². The van der Waals surface area contributed by atoms with Crippen LogP contribution in [0.15, 0.2) is 36.4 Å². The molecule has 4 aromatic rings. The first-order valence-electron chi connectivity index (χ1n) is 10.4. The largest absolute Gasteiger partial charge is 0.488 e. The van der Waals surface area contributed by atoms with Crippen molar-refractivity contribution >= 4 is 70.6 Å². The molecule has 0 aliphatic heterocycles. The summed E-state index contributed by atoms with van der Waals surface area (Å²) in [5, 5.41) is 18.8. The number of nitrogens with zero attached hydrogens (tertiary/aromatic N) is 6. The van der Waals surface area contributed by atoms with Gasteiger partial charge in [-0.05, 0) is 77.4 Å². The van der Waals surface area contributed by atoms with E-state index in [4.69, 9.17) is 72.8 Å². The second-order valence-electron chi connectivity index (χ2n) is 7.12. The van der Waals surface area contributed by atoms with Crippen LogP contribution in [0.25, 0.3) is 11.4 Å². The fourth-order valence-corrected chi connectivity index (χ4v) is 3.32. The predicted molar refractivity (Wildman–Crippen MR) is 149 cm³/mol. The van der Waals surface area contributed by atoms with Gasteiger partial charge in [-0.1, -0.05) is 47.5 Å². The van der Waals surface area contributed by atoms with Gasteiger partial charge in [-0.3, -0.25) is 0 Å². The van der Waals surface area contributed by atoms with Crippen LogP contribution in [-0.4, -0.2) is 61.3 Å². The maximum absolute atomic E-state index is 8.74. The lowest BCUT2D eigenvalue weighted by atomic mass is 9.80. The standard InChI is InChI=1S/C11H9Cl2N3O.C7H8BClO2.C4H3Cl2N3O/c1-6-3-4-7(5-8(6)12)9-14-10(13)16-11(15-9)17-2;1-5-2-3-6(8(10)11)4-7(5)9;1-10-4-8-2(5)7-3(6)9-4/h3-5H,1-2H3;2-4,10-11H,1H3;1H3. The van der Waals surface area contributed by atoms with E-state index in [1.165, 1.54) is 14.2 Å². The van der Waals surface area contributed by atoms with Crippen molar-refractivity contribution in [1.29, 1.82) is 0 Å². The van der Waals surface area contributed by atoms with Gasteiger partial charge < -0.3 is 19.5 Å². The molecule has 2 N–H and O–H groups in total. The van der Waals surface area contributed by atoms with Gasteiger partial charge in [0.05, 0.1) is 14.2 Å². The molecule has 0 unspecified atom stereocenters. The molecule has 2 aromatic carbocycles. The summed E-state index contributed by atoms with van der Waals surface area (Å²) in [6, 6.07) is 10.8. The molecule has 0 radical (unpaired) electrons. The summed E-state index contributed by atoms with van der Waals surface area (Å²) in [4.78, 5) is 22.6. The Morgan fingerprint density at radius 1 is 0.632 bits per heavy atom. The molecular formula is C22H20BCl5N6O4. The molecule has 0 amide bonds. The van der Waals surface area contributed by atoms with E-state index in [1.54, 1.807) is 24.3 Å². The van der Waals surface area contributed by atoms with E-state index in [0.717, 1.165) is 16.7 Å². The maximum Gasteiger partial charge on any atom is 0.488 e. The molecule has 0 bridgehead atoms. The Morgan fingerprint density at radius 3 is 1.58 bits per heavy atom. The van der Waals surface area contributed by atoms with Gasteiger partial charge in [0, 0.05) is 15.6 Å². The summed E-state index contributed by atoms with van der Waals surface area (Å²) in [5.74, 6) is 0.434. The molecule has 10 nitrogen and oxygen atoms in total. The number of hydrogen-bond donors (Lipinski definition) is 2. The number of halogens is 5. The van der Waals surface area contributed by atoms with Crippen molar-refractivity contribution < 1.29 is 19.5 Å². The van der Waals surface area contributed by atoms with Crippen LogP contribution < -0.4 is 14.9 Å². The summed E-state index contributed by atoms with van der Waals surface area (Å²) in [5.41, 5.74) is 3.10. The molecule has 200 valence electrons. The Hall–Kier alpha value is -2.51. The molecule has 16 heteroatoms. The van der Waals surface area contributed by atoms with E-state index >= 15 is 0 Å². The fourth-order valence-electron chi connectivity index (χ4n) is 2.45. The van der Waals surface area contributed by atoms with Gasteiger partial charge in [0.1, 0.15) is 0 Å². The average Bonchev–Trinajstić information content (AvgIpc) is 2.87. The third-order valence-corrected chi connectivity index (χ3v) is 5.76. The highest BCUT2D eigenvalue weighted by Gasteiger charge is 2.11. The van der Waals surface area contributed by atoms with Crippen molar-refractivity contribution in [3.8, 4) is 23.4 Å². The van der Waals surface area contributed by atoms with Crippen molar-refractivity contribution in [3.63, 3.8) is 0 Å². The zero-order chi connectivity index (χ0) is 28.4. The third-order valence-electron chi connectivity index (χ3n) is 4.44. The zero-order valence-electron chi connectivity index (χ0n) is 20.3. The SMILES string of the molecule is COc1nc(Cl)nc(-c2ccc(C)c(Cl)c2)n1.COc1nc(Cl)nc(Cl)n1.Cc1ccc(B(O)O)cc1Cl. The van der Waals surface area contributed by atoms with Gasteiger partial charge in [-0.25, -0.2) is 0 Å². The van der Waals surface area contributed by atoms with Gasteiger partial charge in [0.15, 0.2) is 5.82 Å². The molecule has 2 aromatic heterocycles. The summed E-state index contributed by atoms with van der Waals surface area (Å²) in [6.07, 6.45) is 0. The van der Waals surface area contributed by atoms with Gasteiger partial charge in [-0.15, -0.1) is 0 Å². The van der Waals surface area contributed by atoms with Gasteiger partial charge in [0.25, 0.3) is 0 Å². The Bertz CT molecular complexity index is 1370. The molecule has 38 heavy (non-hydrogen) atoms. The third kappa shape index (κ3) is 9.99. The average molecular weight is 621 g/mol. The number of methoxy groups -OCH3 is 2. The lowest BCUT2D eigenvalue weighted by Gasteiger charge is -2.04. The van der Waals surface area contributed by atoms with Gasteiger partial charge in [-0.2, -0.15) is 29.9 Å². The highest BCUT2D eigenvalue weighted by Crippen LogP contribution is 2.24. The minimum Gasteiger partial charge on any atom is -0.467 e. The number of benzene rings is 2. The number of aromatic nitrogens is 6. The zero-order valence-corrected chi connectivity index (χ0v) is 24.1. The molecule has 0 saturated heterocycles. The van der Waals surface area contributed by atoms with Crippen LogP contribution in [0.1, 0.15) is 11.1 Å². The van der Waals surface area contributed by atoms with Gasteiger partial charge >= 0.3 is 19.1 Å². The van der Waals surface area contributed by atoms with E-state index < -0.39 is 7.12 Å². The minimum absolute atomic E-state index is 0.0249. The topological polar surface area (TPSA) is 136 Å². The lowest BCUT2D eigenvalue weighted by Crippen LogP contribution is -2.29.